The molecule has 0 radical (unpaired) electrons. The minimum Gasteiger partial charge on any atom is -0.469 e. The van der Waals surface area contributed by atoms with Gasteiger partial charge in [0.2, 0.25) is 0 Å². The first-order valence-electron chi connectivity index (χ1n) is 3.50. The molecule has 0 unspecified atom stereocenters. The predicted molar refractivity (Wildman–Crippen MR) is 41.7 cm³/mol. The number of hydrogen-bond acceptors (Lipinski definition) is 3. The molecule has 0 aliphatic carbocycles. The number of nitrogens with two attached hydrogens (primary N) is 1. The molecule has 3 heteroatoms. The van der Waals surface area contributed by atoms with E-state index in [2.05, 4.69) is 0 Å². The van der Waals surface area contributed by atoms with Crippen molar-refractivity contribution < 1.29 is 9.25 Å². The minimum absolute atomic E-state index is 0.461. The van der Waals surface area contributed by atoms with Gasteiger partial charge in [0.15, 0.2) is 0 Å². The van der Waals surface area contributed by atoms with Crippen LogP contribution in [0.15, 0.2) is 16.7 Å². The maximum absolute atomic E-state index is 5.12. The Bertz CT molecular complexity index is 240. The Morgan fingerprint density at radius 2 is 2.18 bits per heavy atom. The average molecular weight is 155 g/mol. The third-order valence-electron chi connectivity index (χ3n) is 1.80. The van der Waals surface area contributed by atoms with Gasteiger partial charge in [-0.15, -0.1) is 0 Å². The van der Waals surface area contributed by atoms with Crippen LogP contribution in [-0.2, 0) is 10.4 Å². The summed E-state index contributed by atoms with van der Waals surface area (Å²) in [6.07, 6.45) is 1.63. The molecule has 11 heavy (non-hydrogen) atoms. The molecule has 0 aliphatic rings. The normalized spacial score (nSPS) is 12.0. The van der Waals surface area contributed by atoms with E-state index >= 15 is 0 Å². The van der Waals surface area contributed by atoms with Crippen molar-refractivity contribution in [2.24, 2.45) is 5.90 Å². The second-order valence-corrected chi connectivity index (χ2v) is 3.02. The zero-order chi connectivity index (χ0) is 8.48. The fourth-order valence-corrected chi connectivity index (χ4v) is 1.07. The van der Waals surface area contributed by atoms with E-state index in [1.54, 1.807) is 6.26 Å². The maximum atomic E-state index is 5.12. The highest BCUT2D eigenvalue weighted by Crippen LogP contribution is 2.26. The van der Waals surface area contributed by atoms with Crippen molar-refractivity contribution in [3.63, 3.8) is 0 Å². The molecule has 0 atom stereocenters. The Morgan fingerprint density at radius 3 is 2.55 bits per heavy atom. The van der Waals surface area contributed by atoms with Crippen LogP contribution in [0.1, 0.15) is 25.2 Å². The van der Waals surface area contributed by atoms with Gasteiger partial charge >= 0.3 is 0 Å². The summed E-state index contributed by atoms with van der Waals surface area (Å²) in [5.74, 6) is 5.97. The van der Waals surface area contributed by atoms with Gasteiger partial charge in [0.25, 0.3) is 0 Å². The molecule has 3 nitrogen and oxygen atoms in total. The third-order valence-corrected chi connectivity index (χ3v) is 1.80. The quantitative estimate of drug-likeness (QED) is 0.661. The van der Waals surface area contributed by atoms with Crippen LogP contribution in [-0.4, -0.2) is 0 Å². The van der Waals surface area contributed by atoms with Crippen molar-refractivity contribution in [2.75, 3.05) is 0 Å². The van der Waals surface area contributed by atoms with Crippen molar-refractivity contribution in [1.82, 2.24) is 0 Å². The second kappa shape index (κ2) is 2.68. The first-order chi connectivity index (χ1) is 5.08. The van der Waals surface area contributed by atoms with E-state index < -0.39 is 5.60 Å². The zero-order valence-corrected chi connectivity index (χ0v) is 7.05. The van der Waals surface area contributed by atoms with E-state index in [0.29, 0.717) is 0 Å². The van der Waals surface area contributed by atoms with Crippen LogP contribution < -0.4 is 5.90 Å². The molecule has 0 bridgehead atoms. The van der Waals surface area contributed by atoms with E-state index in [9.17, 15) is 0 Å². The van der Waals surface area contributed by atoms with Crippen molar-refractivity contribution in [1.29, 1.82) is 0 Å². The first-order valence-corrected chi connectivity index (χ1v) is 3.50. The minimum atomic E-state index is -0.461. The van der Waals surface area contributed by atoms with Crippen LogP contribution in [0, 0.1) is 6.92 Å². The summed E-state index contributed by atoms with van der Waals surface area (Å²) in [6.45, 7) is 5.67. The molecular weight excluding hydrogens is 142 g/mol. The highest BCUT2D eigenvalue weighted by molar-refractivity contribution is 5.22. The topological polar surface area (TPSA) is 48.4 Å². The monoisotopic (exact) mass is 155 g/mol. The van der Waals surface area contributed by atoms with Crippen molar-refractivity contribution in [2.45, 2.75) is 26.4 Å². The van der Waals surface area contributed by atoms with Crippen LogP contribution in [0.25, 0.3) is 0 Å². The second-order valence-electron chi connectivity index (χ2n) is 3.02. The van der Waals surface area contributed by atoms with Crippen LogP contribution in [0.3, 0.4) is 0 Å². The van der Waals surface area contributed by atoms with Gasteiger partial charge in [0.1, 0.15) is 11.4 Å². The van der Waals surface area contributed by atoms with Gasteiger partial charge in [0, 0.05) is 5.56 Å². The standard InChI is InChI=1S/C8H13NO2/c1-6-7(4-5-10-6)8(2,3)11-9/h4-5H,9H2,1-3H3. The Balaban J connectivity index is 3.00. The smallest absolute Gasteiger partial charge is 0.112 e. The van der Waals surface area contributed by atoms with Crippen LogP contribution in [0.2, 0.25) is 0 Å². The summed E-state index contributed by atoms with van der Waals surface area (Å²) >= 11 is 0. The number of rotatable bonds is 2. The molecule has 0 saturated carbocycles. The fraction of sp³-hybridized carbons (Fsp3) is 0.500. The molecule has 1 heterocycles. The first kappa shape index (κ1) is 8.30. The lowest BCUT2D eigenvalue weighted by molar-refractivity contribution is -0.0245. The Morgan fingerprint density at radius 1 is 1.55 bits per heavy atom. The maximum Gasteiger partial charge on any atom is 0.112 e. The van der Waals surface area contributed by atoms with Crippen LogP contribution in [0.4, 0.5) is 0 Å². The Labute approximate surface area is 66.1 Å². The van der Waals surface area contributed by atoms with Gasteiger partial charge in [0.05, 0.1) is 6.26 Å². The summed E-state index contributed by atoms with van der Waals surface area (Å²) < 4.78 is 5.12. The van der Waals surface area contributed by atoms with Crippen molar-refractivity contribution >= 4 is 0 Å². The molecule has 0 fully saturated rings. The number of aryl methyl sites for hydroxylation is 1. The number of hydrogen-bond donors (Lipinski definition) is 1. The van der Waals surface area contributed by atoms with E-state index in [0.717, 1.165) is 11.3 Å². The van der Waals surface area contributed by atoms with E-state index in [-0.39, 0.29) is 0 Å². The lowest BCUT2D eigenvalue weighted by Gasteiger charge is -2.20. The molecule has 0 amide bonds. The van der Waals surface area contributed by atoms with Gasteiger partial charge in [-0.2, -0.15) is 0 Å². The summed E-state index contributed by atoms with van der Waals surface area (Å²) in [6, 6.07) is 1.86. The molecule has 2 N–H and O–H groups in total. The Kier molecular flexibility index (Phi) is 2.02. The van der Waals surface area contributed by atoms with E-state index in [1.165, 1.54) is 0 Å². The van der Waals surface area contributed by atoms with E-state index in [1.807, 2.05) is 26.8 Å². The highest BCUT2D eigenvalue weighted by atomic mass is 16.6. The highest BCUT2D eigenvalue weighted by Gasteiger charge is 2.23. The average Bonchev–Trinajstić information content (AvgIpc) is 2.36. The Hall–Kier alpha value is -0.800. The van der Waals surface area contributed by atoms with Gasteiger partial charge in [-0.05, 0) is 26.8 Å². The summed E-state index contributed by atoms with van der Waals surface area (Å²) in [4.78, 5) is 4.80. The summed E-state index contributed by atoms with van der Waals surface area (Å²) in [5.41, 5.74) is 0.525. The molecule has 1 aromatic heterocycles. The predicted octanol–water partition coefficient (Wildman–Crippen LogP) is 1.71. The summed E-state index contributed by atoms with van der Waals surface area (Å²) in [7, 11) is 0. The largest absolute Gasteiger partial charge is 0.469 e. The fourth-order valence-electron chi connectivity index (χ4n) is 1.07. The lowest BCUT2D eigenvalue weighted by Crippen LogP contribution is -2.25. The molecule has 1 rings (SSSR count). The van der Waals surface area contributed by atoms with E-state index in [4.69, 9.17) is 15.2 Å². The van der Waals surface area contributed by atoms with Gasteiger partial charge in [-0.1, -0.05) is 0 Å². The zero-order valence-electron chi connectivity index (χ0n) is 7.05. The summed E-state index contributed by atoms with van der Waals surface area (Å²) in [5, 5.41) is 0. The van der Waals surface area contributed by atoms with Gasteiger partial charge < -0.3 is 4.42 Å². The molecule has 0 saturated heterocycles. The molecule has 0 spiro atoms. The molecule has 62 valence electrons. The molecule has 0 aromatic carbocycles. The van der Waals surface area contributed by atoms with Gasteiger partial charge in [-0.25, -0.2) is 5.90 Å². The van der Waals surface area contributed by atoms with Crippen molar-refractivity contribution in [3.8, 4) is 0 Å². The molecule has 0 aliphatic heterocycles. The SMILES string of the molecule is Cc1occc1C(C)(C)ON. The lowest BCUT2D eigenvalue weighted by atomic mass is 9.99. The van der Waals surface area contributed by atoms with Crippen molar-refractivity contribution in [3.05, 3.63) is 23.7 Å². The molecule has 1 aromatic rings. The van der Waals surface area contributed by atoms with Crippen LogP contribution >= 0.6 is 0 Å². The van der Waals surface area contributed by atoms with Crippen LogP contribution in [0.5, 0.6) is 0 Å². The number of furan rings is 1. The molecular formula is C8H13NO2. The van der Waals surface area contributed by atoms with Gasteiger partial charge in [-0.3, -0.25) is 4.84 Å². The third kappa shape index (κ3) is 1.44.